The van der Waals surface area contributed by atoms with E-state index in [0.29, 0.717) is 10.6 Å². The summed E-state index contributed by atoms with van der Waals surface area (Å²) in [5, 5.41) is 21.4. The zero-order valence-electron chi connectivity index (χ0n) is 15.4. The molecule has 0 aromatic heterocycles. The first-order valence-electron chi connectivity index (χ1n) is 8.37. The highest BCUT2D eigenvalue weighted by Crippen LogP contribution is 2.27. The van der Waals surface area contributed by atoms with Crippen molar-refractivity contribution in [3.63, 3.8) is 0 Å². The normalized spacial score (nSPS) is 11.2. The van der Waals surface area contributed by atoms with E-state index in [9.17, 15) is 19.7 Å². The topological polar surface area (TPSA) is 122 Å². The van der Waals surface area contributed by atoms with E-state index in [4.69, 9.17) is 10.00 Å². The summed E-state index contributed by atoms with van der Waals surface area (Å²) in [7, 11) is 0. The molecule has 150 valence electrons. The number of nitrogens with zero attached hydrogens (tertiary/aromatic N) is 2. The number of rotatable bonds is 9. The van der Waals surface area contributed by atoms with Gasteiger partial charge in [0.1, 0.15) is 5.25 Å². The molecule has 2 aromatic rings. The van der Waals surface area contributed by atoms with Crippen LogP contribution >= 0.6 is 23.5 Å². The van der Waals surface area contributed by atoms with Crippen LogP contribution in [-0.4, -0.2) is 34.4 Å². The number of anilines is 1. The summed E-state index contributed by atoms with van der Waals surface area (Å²) in [6.45, 7) is 1.18. The molecule has 2 aromatic carbocycles. The molecule has 0 fully saturated rings. The van der Waals surface area contributed by atoms with Crippen LogP contribution < -0.4 is 5.32 Å². The van der Waals surface area contributed by atoms with Crippen LogP contribution in [0.1, 0.15) is 6.92 Å². The standard InChI is InChI=1S/C19H17N3O5S2/c1-13(29-15-8-6-14(7-9-15)22(25)26)19(24)27-12-18(23)21-16-4-2-3-5-17(16)28-11-10-20/h2-9,13H,11-12H2,1H3,(H,21,23). The van der Waals surface area contributed by atoms with Gasteiger partial charge in [0.25, 0.3) is 11.6 Å². The molecule has 0 bridgehead atoms. The van der Waals surface area contributed by atoms with Gasteiger partial charge >= 0.3 is 5.97 Å². The summed E-state index contributed by atoms with van der Waals surface area (Å²) in [5.41, 5.74) is 0.511. The number of nitriles is 1. The highest BCUT2D eigenvalue weighted by atomic mass is 32.2. The van der Waals surface area contributed by atoms with E-state index in [1.54, 1.807) is 43.3 Å². The van der Waals surface area contributed by atoms with E-state index in [0.717, 1.165) is 4.90 Å². The largest absolute Gasteiger partial charge is 0.455 e. The van der Waals surface area contributed by atoms with Gasteiger partial charge in [0, 0.05) is 21.9 Å². The fraction of sp³-hybridized carbons (Fsp3) is 0.211. The lowest BCUT2D eigenvalue weighted by Crippen LogP contribution is -2.25. The second kappa shape index (κ2) is 11.1. The lowest BCUT2D eigenvalue weighted by Gasteiger charge is -2.12. The Labute approximate surface area is 175 Å². The third-order valence-electron chi connectivity index (χ3n) is 3.49. The van der Waals surface area contributed by atoms with Gasteiger partial charge in [-0.05, 0) is 31.2 Å². The van der Waals surface area contributed by atoms with E-state index in [1.807, 2.05) is 6.07 Å². The minimum atomic E-state index is -0.595. The molecule has 2 rings (SSSR count). The number of carbonyl (C=O) groups excluding carboxylic acids is 2. The average molecular weight is 431 g/mol. The molecule has 29 heavy (non-hydrogen) atoms. The summed E-state index contributed by atoms with van der Waals surface area (Å²) in [5.74, 6) is -0.814. The van der Waals surface area contributed by atoms with Crippen LogP contribution in [0.15, 0.2) is 58.3 Å². The SMILES string of the molecule is CC(Sc1ccc([N+](=O)[O-])cc1)C(=O)OCC(=O)Nc1ccccc1SCC#N. The quantitative estimate of drug-likeness (QED) is 0.275. The molecule has 1 unspecified atom stereocenters. The Balaban J connectivity index is 1.84. The first-order valence-corrected chi connectivity index (χ1v) is 10.2. The summed E-state index contributed by atoms with van der Waals surface area (Å²) >= 11 is 2.47. The Hall–Kier alpha value is -3.03. The van der Waals surface area contributed by atoms with Crippen molar-refractivity contribution in [1.82, 2.24) is 0 Å². The molecule has 0 saturated carbocycles. The number of para-hydroxylation sites is 1. The van der Waals surface area contributed by atoms with E-state index < -0.39 is 28.7 Å². The number of hydrogen-bond acceptors (Lipinski definition) is 8. The Bertz CT molecular complexity index is 928. The maximum absolute atomic E-state index is 12.1. The number of carbonyl (C=O) groups is 2. The third kappa shape index (κ3) is 7.14. The average Bonchev–Trinajstić information content (AvgIpc) is 2.71. The second-order valence-corrected chi connectivity index (χ2v) is 8.04. The molecule has 0 radical (unpaired) electrons. The smallest absolute Gasteiger partial charge is 0.319 e. The number of ether oxygens (including phenoxy) is 1. The molecular weight excluding hydrogens is 414 g/mol. The number of nitrogens with one attached hydrogen (secondary N) is 1. The highest BCUT2D eigenvalue weighted by Gasteiger charge is 2.18. The van der Waals surface area contributed by atoms with Gasteiger partial charge in [-0.1, -0.05) is 12.1 Å². The molecule has 1 atom stereocenters. The van der Waals surface area contributed by atoms with Crippen LogP contribution in [0.2, 0.25) is 0 Å². The van der Waals surface area contributed by atoms with Gasteiger partial charge in [-0.3, -0.25) is 19.7 Å². The van der Waals surface area contributed by atoms with Gasteiger partial charge in [-0.25, -0.2) is 0 Å². The summed E-state index contributed by atoms with van der Waals surface area (Å²) in [4.78, 5) is 35.8. The molecule has 0 saturated heterocycles. The Morgan fingerprint density at radius 2 is 1.93 bits per heavy atom. The number of non-ortho nitro benzene ring substituents is 1. The highest BCUT2D eigenvalue weighted by molar-refractivity contribution is 8.00. The minimum Gasteiger partial charge on any atom is -0.455 e. The molecule has 0 aliphatic heterocycles. The molecule has 1 amide bonds. The van der Waals surface area contributed by atoms with E-state index in [1.165, 1.54) is 35.7 Å². The summed E-state index contributed by atoms with van der Waals surface area (Å²) in [6.07, 6.45) is 0. The van der Waals surface area contributed by atoms with Crippen LogP contribution in [0, 0.1) is 21.4 Å². The van der Waals surface area contributed by atoms with Gasteiger partial charge in [-0.15, -0.1) is 23.5 Å². The van der Waals surface area contributed by atoms with Crippen molar-refractivity contribution in [2.75, 3.05) is 17.7 Å². The fourth-order valence-corrected chi connectivity index (χ4v) is 3.68. The Kier molecular flexibility index (Phi) is 8.51. The number of benzene rings is 2. The molecule has 10 heteroatoms. The van der Waals surface area contributed by atoms with Crippen molar-refractivity contribution >= 4 is 46.8 Å². The zero-order chi connectivity index (χ0) is 21.2. The van der Waals surface area contributed by atoms with Crippen LogP contribution in [0.3, 0.4) is 0 Å². The van der Waals surface area contributed by atoms with E-state index in [2.05, 4.69) is 5.32 Å². The molecular formula is C19H17N3O5S2. The number of nitro groups is 1. The number of esters is 1. The maximum atomic E-state index is 12.1. The molecule has 1 N–H and O–H groups in total. The molecule has 0 aliphatic carbocycles. The number of nitro benzene ring substituents is 1. The number of amides is 1. The fourth-order valence-electron chi connectivity index (χ4n) is 2.14. The van der Waals surface area contributed by atoms with Crippen molar-refractivity contribution < 1.29 is 19.2 Å². The van der Waals surface area contributed by atoms with E-state index >= 15 is 0 Å². The summed E-state index contributed by atoms with van der Waals surface area (Å²) in [6, 6.07) is 14.9. The number of hydrogen-bond donors (Lipinski definition) is 1. The molecule has 0 spiro atoms. The predicted octanol–water partition coefficient (Wildman–Crippen LogP) is 3.87. The van der Waals surface area contributed by atoms with E-state index in [-0.39, 0.29) is 11.4 Å². The lowest BCUT2D eigenvalue weighted by molar-refractivity contribution is -0.384. The van der Waals surface area contributed by atoms with Crippen molar-refractivity contribution in [3.05, 3.63) is 58.6 Å². The molecule has 8 nitrogen and oxygen atoms in total. The van der Waals surface area contributed by atoms with Gasteiger partial charge in [0.05, 0.1) is 22.4 Å². The lowest BCUT2D eigenvalue weighted by atomic mass is 10.3. The van der Waals surface area contributed by atoms with Crippen LogP contribution in [0.4, 0.5) is 11.4 Å². The van der Waals surface area contributed by atoms with Gasteiger partial charge in [0.15, 0.2) is 6.61 Å². The van der Waals surface area contributed by atoms with Crippen LogP contribution in [0.5, 0.6) is 0 Å². The molecule has 0 heterocycles. The van der Waals surface area contributed by atoms with Crippen LogP contribution in [-0.2, 0) is 14.3 Å². The predicted molar refractivity (Wildman–Crippen MR) is 111 cm³/mol. The van der Waals surface area contributed by atoms with Crippen molar-refractivity contribution in [3.8, 4) is 6.07 Å². The van der Waals surface area contributed by atoms with Crippen molar-refractivity contribution in [2.45, 2.75) is 22.0 Å². The van der Waals surface area contributed by atoms with Gasteiger partial charge in [0.2, 0.25) is 0 Å². The summed E-state index contributed by atoms with van der Waals surface area (Å²) < 4.78 is 5.05. The minimum absolute atomic E-state index is 0.0329. The molecule has 0 aliphatic rings. The third-order valence-corrected chi connectivity index (χ3v) is 5.52. The first kappa shape index (κ1) is 22.3. The van der Waals surface area contributed by atoms with Crippen molar-refractivity contribution in [1.29, 1.82) is 5.26 Å². The van der Waals surface area contributed by atoms with Crippen LogP contribution in [0.25, 0.3) is 0 Å². The van der Waals surface area contributed by atoms with Gasteiger partial charge < -0.3 is 10.1 Å². The maximum Gasteiger partial charge on any atom is 0.319 e. The Morgan fingerprint density at radius 3 is 2.59 bits per heavy atom. The second-order valence-electron chi connectivity index (χ2n) is 5.61. The Morgan fingerprint density at radius 1 is 1.24 bits per heavy atom. The van der Waals surface area contributed by atoms with Gasteiger partial charge in [-0.2, -0.15) is 5.26 Å². The first-order chi connectivity index (χ1) is 13.9. The monoisotopic (exact) mass is 431 g/mol. The number of thioether (sulfide) groups is 2. The van der Waals surface area contributed by atoms with Crippen molar-refractivity contribution in [2.24, 2.45) is 0 Å². The zero-order valence-corrected chi connectivity index (χ0v) is 17.0.